The summed E-state index contributed by atoms with van der Waals surface area (Å²) in [6.45, 7) is 11.3. The summed E-state index contributed by atoms with van der Waals surface area (Å²) in [5, 5.41) is 2.67. The van der Waals surface area contributed by atoms with E-state index in [-0.39, 0.29) is 25.6 Å². The highest BCUT2D eigenvalue weighted by Crippen LogP contribution is 2.35. The van der Waals surface area contributed by atoms with Crippen LogP contribution in [-0.2, 0) is 42.7 Å². The predicted octanol–water partition coefficient (Wildman–Crippen LogP) is 11.4. The average molecular weight is 871 g/mol. The van der Waals surface area contributed by atoms with E-state index in [2.05, 4.69) is 25.7 Å². The van der Waals surface area contributed by atoms with Gasteiger partial charge in [-0.15, -0.1) is 6.58 Å². The molecule has 0 aromatic carbocycles. The van der Waals surface area contributed by atoms with Crippen LogP contribution in [0.3, 0.4) is 0 Å². The molecule has 2 aliphatic heterocycles. The lowest BCUT2D eigenvalue weighted by molar-refractivity contribution is -0.368. The van der Waals surface area contributed by atoms with Gasteiger partial charge in [0.25, 0.3) is 0 Å². The number of unbranched alkanes of at least 4 members (excludes halogenated alkanes) is 18. The third-order valence-electron chi connectivity index (χ3n) is 10.3. The number of carbonyl (C=O) groups excluding carboxylic acids is 3. The van der Waals surface area contributed by atoms with Gasteiger partial charge in [-0.05, 0) is 33.1 Å². The lowest BCUT2D eigenvalue weighted by Gasteiger charge is -2.50. The summed E-state index contributed by atoms with van der Waals surface area (Å²) in [5.74, 6) is -1.98. The first kappa shape index (κ1) is 51.8. The zero-order chi connectivity index (χ0) is 41.9. The second kappa shape index (κ2) is 29.8. The van der Waals surface area contributed by atoms with Gasteiger partial charge in [0.15, 0.2) is 18.2 Å². The largest absolute Gasteiger partial charge is 0.462 e. The second-order valence-electron chi connectivity index (χ2n) is 16.0. The van der Waals surface area contributed by atoms with Gasteiger partial charge in [-0.25, -0.2) is 4.79 Å². The fraction of sp³-hybridized carbons (Fsp3) is 0.884. The van der Waals surface area contributed by atoms with Gasteiger partial charge in [0.05, 0.1) is 19.6 Å². The molecular weight excluding hydrogens is 797 g/mol. The molecule has 1 amide bonds. The summed E-state index contributed by atoms with van der Waals surface area (Å²) >= 11 is 17.4. The van der Waals surface area contributed by atoms with Crippen LogP contribution in [0.2, 0.25) is 0 Å². The van der Waals surface area contributed by atoms with Crippen LogP contribution in [-0.4, -0.2) is 84.2 Å². The van der Waals surface area contributed by atoms with Gasteiger partial charge >= 0.3 is 18.0 Å². The van der Waals surface area contributed by atoms with Crippen molar-refractivity contribution in [1.29, 1.82) is 0 Å². The fourth-order valence-electron chi connectivity index (χ4n) is 7.20. The number of ether oxygens (including phenoxy) is 7. The Bertz CT molecular complexity index is 1120. The van der Waals surface area contributed by atoms with Gasteiger partial charge in [-0.1, -0.05) is 170 Å². The third kappa shape index (κ3) is 23.9. The van der Waals surface area contributed by atoms with Crippen molar-refractivity contribution >= 4 is 52.8 Å². The van der Waals surface area contributed by atoms with Crippen molar-refractivity contribution in [1.82, 2.24) is 5.32 Å². The van der Waals surface area contributed by atoms with Crippen LogP contribution in [0.15, 0.2) is 12.7 Å². The molecule has 0 saturated carbocycles. The average Bonchev–Trinajstić information content (AvgIpc) is 3.15. The van der Waals surface area contributed by atoms with Crippen LogP contribution in [0.1, 0.15) is 175 Å². The molecular formula is C43H74Cl3NO10. The highest BCUT2D eigenvalue weighted by Gasteiger charge is 2.54. The predicted molar refractivity (Wildman–Crippen MR) is 226 cm³/mol. The molecule has 0 aromatic heterocycles. The van der Waals surface area contributed by atoms with E-state index in [0.717, 1.165) is 44.9 Å². The molecule has 11 nitrogen and oxygen atoms in total. The Hall–Kier alpha value is -1.34. The molecule has 2 aliphatic rings. The lowest BCUT2D eigenvalue weighted by atomic mass is 9.95. The van der Waals surface area contributed by atoms with Crippen molar-refractivity contribution in [3.05, 3.63) is 12.7 Å². The SMILES string of the molecule is C=CCO[C@H]1O[C@@H]2COC(C)(C)O[C@H]2[C@H](OC(=O)C[C@@H](CCCCCCCCCCC)OC(=O)CCCCCCCCCCCCC)[C@H]1NC(=O)OCC(Cl)(Cl)Cl. The first-order valence-electron chi connectivity index (χ1n) is 21.9. The number of nitrogens with one attached hydrogen (secondary N) is 1. The van der Waals surface area contributed by atoms with Crippen molar-refractivity contribution in [3.8, 4) is 0 Å². The molecule has 0 radical (unpaired) electrons. The summed E-state index contributed by atoms with van der Waals surface area (Å²) in [6, 6.07) is -1.11. The van der Waals surface area contributed by atoms with Crippen molar-refractivity contribution < 1.29 is 47.5 Å². The second-order valence-corrected chi connectivity index (χ2v) is 18.5. The van der Waals surface area contributed by atoms with Crippen molar-refractivity contribution in [2.24, 2.45) is 0 Å². The van der Waals surface area contributed by atoms with Crippen LogP contribution in [0, 0.1) is 0 Å². The van der Waals surface area contributed by atoms with E-state index in [9.17, 15) is 14.4 Å². The summed E-state index contributed by atoms with van der Waals surface area (Å²) in [6.07, 6.45) is 20.1. The Labute approximate surface area is 358 Å². The van der Waals surface area contributed by atoms with Gasteiger partial charge in [-0.3, -0.25) is 9.59 Å². The molecule has 0 aromatic rings. The first-order valence-corrected chi connectivity index (χ1v) is 23.0. The number of halogens is 3. The van der Waals surface area contributed by atoms with Crippen molar-refractivity contribution in [2.75, 3.05) is 19.8 Å². The summed E-state index contributed by atoms with van der Waals surface area (Å²) < 4.78 is 39.5. The molecule has 57 heavy (non-hydrogen) atoms. The number of hydrogen-bond donors (Lipinski definition) is 1. The van der Waals surface area contributed by atoms with Crippen molar-refractivity contribution in [3.63, 3.8) is 0 Å². The summed E-state index contributed by atoms with van der Waals surface area (Å²) in [7, 11) is 0. The molecule has 2 fully saturated rings. The smallest absolute Gasteiger partial charge is 0.407 e. The van der Waals surface area contributed by atoms with Crippen LogP contribution in [0.25, 0.3) is 0 Å². The Balaban J connectivity index is 2.10. The molecule has 2 rings (SSSR count). The zero-order valence-electron chi connectivity index (χ0n) is 35.3. The Kier molecular flexibility index (Phi) is 27.1. The number of amides is 1. The van der Waals surface area contributed by atoms with Crippen LogP contribution < -0.4 is 5.32 Å². The van der Waals surface area contributed by atoms with E-state index in [0.29, 0.717) is 12.8 Å². The fourth-order valence-corrected chi connectivity index (χ4v) is 7.36. The molecule has 2 heterocycles. The van der Waals surface area contributed by atoms with Crippen LogP contribution in [0.5, 0.6) is 0 Å². The minimum atomic E-state index is -1.85. The van der Waals surface area contributed by atoms with Crippen molar-refractivity contribution in [2.45, 2.75) is 222 Å². The maximum atomic E-state index is 13.9. The Morgan fingerprint density at radius 2 is 1.37 bits per heavy atom. The Morgan fingerprint density at radius 1 is 0.825 bits per heavy atom. The molecule has 6 atom stereocenters. The molecule has 332 valence electrons. The molecule has 14 heteroatoms. The zero-order valence-corrected chi connectivity index (χ0v) is 37.6. The monoisotopic (exact) mass is 869 g/mol. The van der Waals surface area contributed by atoms with Gasteiger partial charge in [-0.2, -0.15) is 0 Å². The van der Waals surface area contributed by atoms with Gasteiger partial charge in [0.2, 0.25) is 3.79 Å². The maximum Gasteiger partial charge on any atom is 0.407 e. The third-order valence-corrected chi connectivity index (χ3v) is 10.6. The molecule has 2 saturated heterocycles. The van der Waals surface area contributed by atoms with Crippen LogP contribution in [0.4, 0.5) is 4.79 Å². The van der Waals surface area contributed by atoms with E-state index in [1.165, 1.54) is 89.5 Å². The topological polar surface area (TPSA) is 128 Å². The summed E-state index contributed by atoms with van der Waals surface area (Å²) in [5.41, 5.74) is 0. The van der Waals surface area contributed by atoms with Gasteiger partial charge in [0.1, 0.15) is 31.0 Å². The number of fused-ring (bicyclic) bond motifs is 1. The molecule has 1 N–H and O–H groups in total. The first-order chi connectivity index (χ1) is 27.3. The summed E-state index contributed by atoms with van der Waals surface area (Å²) in [4.78, 5) is 40.0. The number of alkyl carbamates (subject to hydrolysis) is 1. The minimum Gasteiger partial charge on any atom is -0.462 e. The number of esters is 2. The Morgan fingerprint density at radius 3 is 1.91 bits per heavy atom. The number of carbonyl (C=O) groups is 3. The quantitative estimate of drug-likeness (QED) is 0.0236. The standard InChI is InChI=1S/C43H74Cl3NO10/c1-6-9-11-13-15-17-18-20-22-24-26-28-35(48)54-33(27-25-23-21-19-16-14-12-10-7-2)30-36(49)56-39-37(47-41(50)52-32-43(44,45)46)40(51-29-8-3)55-34-31-53-42(4,5)57-38(34)39/h8,33-34,37-40H,3,6-7,9-32H2,1-2,4-5H3,(H,47,50)/t33-,34-,37-,38-,39-,40+/m1/s1. The molecule has 0 spiro atoms. The number of rotatable bonds is 31. The normalized spacial score (nSPS) is 22.3. The minimum absolute atomic E-state index is 0.0627. The van der Waals surface area contributed by atoms with Gasteiger partial charge < -0.3 is 38.5 Å². The maximum absolute atomic E-state index is 13.9. The van der Waals surface area contributed by atoms with E-state index in [1.54, 1.807) is 13.8 Å². The number of hydrogen-bond acceptors (Lipinski definition) is 10. The van der Waals surface area contributed by atoms with E-state index < -0.39 is 65.0 Å². The molecule has 0 bridgehead atoms. The lowest BCUT2D eigenvalue weighted by Crippen LogP contribution is -2.69. The molecule has 0 unspecified atom stereocenters. The molecule has 0 aliphatic carbocycles. The highest BCUT2D eigenvalue weighted by atomic mass is 35.6. The van der Waals surface area contributed by atoms with E-state index in [1.807, 2.05) is 0 Å². The van der Waals surface area contributed by atoms with E-state index in [4.69, 9.17) is 68.0 Å². The van der Waals surface area contributed by atoms with Gasteiger partial charge in [0, 0.05) is 6.42 Å². The number of alkyl halides is 3. The van der Waals surface area contributed by atoms with E-state index >= 15 is 0 Å². The van der Waals surface area contributed by atoms with Crippen LogP contribution >= 0.6 is 34.8 Å². The highest BCUT2D eigenvalue weighted by molar-refractivity contribution is 6.67.